The highest BCUT2D eigenvalue weighted by Crippen LogP contribution is 2.46. The lowest BCUT2D eigenvalue weighted by Gasteiger charge is -2.22. The predicted molar refractivity (Wildman–Crippen MR) is 139 cm³/mol. The van der Waals surface area contributed by atoms with Crippen molar-refractivity contribution in [2.45, 2.75) is 19.3 Å². The smallest absolute Gasteiger partial charge is 0.383 e. The quantitative estimate of drug-likeness (QED) is 0.233. The van der Waals surface area contributed by atoms with Gasteiger partial charge in [-0.25, -0.2) is 4.57 Å². The van der Waals surface area contributed by atoms with Gasteiger partial charge in [-0.3, -0.25) is 23.1 Å². The Morgan fingerprint density at radius 2 is 1.24 bits per heavy atom. The van der Waals surface area contributed by atoms with Gasteiger partial charge in [0, 0.05) is 0 Å². The first-order valence-electron chi connectivity index (χ1n) is 11.0. The molecule has 0 heterocycles. The van der Waals surface area contributed by atoms with Crippen LogP contribution in [0, 0.1) is 0 Å². The van der Waals surface area contributed by atoms with E-state index in [0.29, 0.717) is 11.1 Å². The van der Waals surface area contributed by atoms with Gasteiger partial charge in [0.1, 0.15) is 5.75 Å². The molecular formula is C24H26NO10PS2. The van der Waals surface area contributed by atoms with Crippen molar-refractivity contribution in [3.63, 3.8) is 0 Å². The Hall–Kier alpha value is -3.06. The minimum Gasteiger partial charge on any atom is -0.383 e. The zero-order chi connectivity index (χ0) is 27.8. The van der Waals surface area contributed by atoms with Crippen molar-refractivity contribution in [1.82, 2.24) is 5.09 Å². The molecule has 1 unspecified atom stereocenters. The van der Waals surface area contributed by atoms with Crippen LogP contribution in [0.4, 0.5) is 0 Å². The Kier molecular flexibility index (Phi) is 9.82. The van der Waals surface area contributed by atoms with Crippen molar-refractivity contribution in [1.29, 1.82) is 0 Å². The maximum Gasteiger partial charge on any atom is 0.435 e. The lowest BCUT2D eigenvalue weighted by atomic mass is 10.1. The minimum absolute atomic E-state index is 0.00597. The van der Waals surface area contributed by atoms with Crippen LogP contribution in [0.1, 0.15) is 22.8 Å². The summed E-state index contributed by atoms with van der Waals surface area (Å²) in [5, 5.41) is 2.16. The summed E-state index contributed by atoms with van der Waals surface area (Å²) >= 11 is 0. The fourth-order valence-electron chi connectivity index (χ4n) is 3.06. The van der Waals surface area contributed by atoms with Crippen LogP contribution in [-0.4, -0.2) is 35.3 Å². The van der Waals surface area contributed by atoms with E-state index in [0.717, 1.165) is 12.5 Å². The van der Waals surface area contributed by atoms with Crippen LogP contribution >= 0.6 is 7.75 Å². The van der Waals surface area contributed by atoms with Crippen LogP contribution in [0.2, 0.25) is 0 Å². The molecule has 3 rings (SSSR count). The fraction of sp³-hybridized carbons (Fsp3) is 0.208. The zero-order valence-electron chi connectivity index (χ0n) is 20.4. The Labute approximate surface area is 221 Å². The van der Waals surface area contributed by atoms with Crippen LogP contribution in [0.25, 0.3) is 0 Å². The van der Waals surface area contributed by atoms with E-state index in [4.69, 9.17) is 17.4 Å². The van der Waals surface area contributed by atoms with Gasteiger partial charge < -0.3 is 4.18 Å². The molecular weight excluding hydrogens is 557 g/mol. The summed E-state index contributed by atoms with van der Waals surface area (Å²) in [5.74, 6) is -1.20. The molecule has 3 aromatic carbocycles. The van der Waals surface area contributed by atoms with E-state index in [1.54, 1.807) is 60.7 Å². The first-order chi connectivity index (χ1) is 17.8. The number of hydrogen-bond donors (Lipinski definition) is 1. The first-order valence-corrected chi connectivity index (χ1v) is 16.2. The third-order valence-electron chi connectivity index (χ3n) is 4.67. The third-order valence-corrected chi connectivity index (χ3v) is 7.14. The maximum atomic E-state index is 13.6. The molecule has 3 aromatic rings. The van der Waals surface area contributed by atoms with E-state index in [1.165, 1.54) is 24.3 Å². The van der Waals surface area contributed by atoms with Crippen molar-refractivity contribution in [3.8, 4) is 5.75 Å². The maximum absolute atomic E-state index is 13.6. The monoisotopic (exact) mass is 583 g/mol. The summed E-state index contributed by atoms with van der Waals surface area (Å²) in [4.78, 5) is 13.2. The number of carbonyl (C=O) groups is 1. The molecule has 0 aromatic heterocycles. The van der Waals surface area contributed by atoms with Crippen molar-refractivity contribution in [3.05, 3.63) is 102 Å². The van der Waals surface area contributed by atoms with Gasteiger partial charge in [0.25, 0.3) is 16.0 Å². The minimum atomic E-state index is -4.36. The molecule has 0 fully saturated rings. The normalized spacial score (nSPS) is 13.0. The first kappa shape index (κ1) is 29.5. The number of benzene rings is 3. The molecule has 204 valence electrons. The van der Waals surface area contributed by atoms with Gasteiger partial charge in [-0.05, 0) is 28.8 Å². The molecule has 0 aliphatic carbocycles. The number of amides is 1. The summed E-state index contributed by atoms with van der Waals surface area (Å²) in [6.07, 6.45) is -0.204. The molecule has 14 heteroatoms. The highest BCUT2D eigenvalue weighted by Gasteiger charge is 2.34. The topological polar surface area (TPSA) is 151 Å². The van der Waals surface area contributed by atoms with Crippen LogP contribution in [0.3, 0.4) is 0 Å². The molecule has 11 nitrogen and oxygen atoms in total. The van der Waals surface area contributed by atoms with Gasteiger partial charge in [0.15, 0.2) is 6.10 Å². The molecule has 1 N–H and O–H groups in total. The predicted octanol–water partition coefficient (Wildman–Crippen LogP) is 3.70. The largest absolute Gasteiger partial charge is 0.435 e. The second-order valence-corrected chi connectivity index (χ2v) is 12.9. The van der Waals surface area contributed by atoms with Crippen LogP contribution < -0.4 is 9.27 Å². The molecule has 0 bridgehead atoms. The van der Waals surface area contributed by atoms with E-state index in [-0.39, 0.29) is 24.5 Å². The van der Waals surface area contributed by atoms with Crippen molar-refractivity contribution < 1.29 is 43.6 Å². The molecule has 1 amide bonds. The van der Waals surface area contributed by atoms with E-state index < -0.39 is 40.0 Å². The highest BCUT2D eigenvalue weighted by atomic mass is 32.2. The van der Waals surface area contributed by atoms with Gasteiger partial charge in [-0.2, -0.15) is 16.8 Å². The molecule has 0 aliphatic heterocycles. The fourth-order valence-corrected chi connectivity index (χ4v) is 5.30. The van der Waals surface area contributed by atoms with Crippen LogP contribution in [-0.2, 0) is 56.0 Å². The standard InChI is InChI=1S/C24H26NO10PS2/c1-37(28,29)34-22-15-13-21(14-16-22)23(35-38(2,30)31)24(26)25-36(27,32-17-19-9-5-3-6-10-19)33-18-20-11-7-4-8-12-20/h3-16,23H,17-18H2,1-2H3,(H,25,26,27). The number of hydrogen-bond acceptors (Lipinski definition) is 10. The second-order valence-electron chi connectivity index (χ2n) is 8.03. The van der Waals surface area contributed by atoms with Gasteiger partial charge in [0.2, 0.25) is 0 Å². The van der Waals surface area contributed by atoms with E-state index in [2.05, 4.69) is 5.09 Å². The highest BCUT2D eigenvalue weighted by molar-refractivity contribution is 7.86. The molecule has 0 saturated carbocycles. The van der Waals surface area contributed by atoms with E-state index in [1.807, 2.05) is 0 Å². The second kappa shape index (κ2) is 12.7. The van der Waals surface area contributed by atoms with Gasteiger partial charge in [-0.15, -0.1) is 0 Å². The number of rotatable bonds is 13. The SMILES string of the molecule is CS(=O)(=O)Oc1ccc(C(OS(C)(=O)=O)C(=O)NP(=O)(OCc2ccccc2)OCc2ccccc2)cc1. The molecule has 0 radical (unpaired) electrons. The molecule has 0 spiro atoms. The van der Waals surface area contributed by atoms with E-state index in [9.17, 15) is 26.2 Å². The van der Waals surface area contributed by atoms with Gasteiger partial charge in [-0.1, -0.05) is 72.8 Å². The molecule has 38 heavy (non-hydrogen) atoms. The lowest BCUT2D eigenvalue weighted by Crippen LogP contribution is -2.31. The zero-order valence-corrected chi connectivity index (χ0v) is 22.9. The summed E-state index contributed by atoms with van der Waals surface area (Å²) in [7, 11) is -12.4. The number of carbonyl (C=O) groups excluding carboxylic acids is 1. The van der Waals surface area contributed by atoms with Gasteiger partial charge in [0.05, 0.1) is 25.7 Å². The number of nitrogens with one attached hydrogen (secondary N) is 1. The molecule has 0 aliphatic rings. The molecule has 1 atom stereocenters. The average molecular weight is 584 g/mol. The Morgan fingerprint density at radius 3 is 1.66 bits per heavy atom. The summed E-state index contributed by atoms with van der Waals surface area (Å²) in [6.45, 7) is -0.357. The summed E-state index contributed by atoms with van der Waals surface area (Å²) in [5.41, 5.74) is 1.30. The average Bonchev–Trinajstić information content (AvgIpc) is 2.85. The summed E-state index contributed by atoms with van der Waals surface area (Å²) < 4.78 is 80.9. The Bertz CT molecular complexity index is 1430. The summed E-state index contributed by atoms with van der Waals surface area (Å²) in [6, 6.07) is 22.3. The van der Waals surface area contributed by atoms with Crippen molar-refractivity contribution >= 4 is 33.9 Å². The van der Waals surface area contributed by atoms with E-state index >= 15 is 0 Å². The van der Waals surface area contributed by atoms with Gasteiger partial charge >= 0.3 is 17.9 Å². The Balaban J connectivity index is 1.86. The van der Waals surface area contributed by atoms with Crippen molar-refractivity contribution in [2.75, 3.05) is 12.5 Å². The lowest BCUT2D eigenvalue weighted by molar-refractivity contribution is -0.126. The van der Waals surface area contributed by atoms with Crippen LogP contribution in [0.15, 0.2) is 84.9 Å². The van der Waals surface area contributed by atoms with Crippen molar-refractivity contribution in [2.24, 2.45) is 0 Å². The molecule has 0 saturated heterocycles. The Morgan fingerprint density at radius 1 is 0.763 bits per heavy atom. The third kappa shape index (κ3) is 10.0. The van der Waals surface area contributed by atoms with Crippen LogP contribution in [0.5, 0.6) is 5.75 Å².